The maximum atomic E-state index is 12.7. The zero-order valence-electron chi connectivity index (χ0n) is 19.9. The van der Waals surface area contributed by atoms with E-state index in [2.05, 4.69) is 15.6 Å². The van der Waals surface area contributed by atoms with E-state index in [1.54, 1.807) is 36.4 Å². The fraction of sp³-hybridized carbons (Fsp3) is 0.0690. The van der Waals surface area contributed by atoms with Gasteiger partial charge in [0.25, 0.3) is 5.91 Å². The Bertz CT molecular complexity index is 1600. The predicted molar refractivity (Wildman–Crippen MR) is 147 cm³/mol. The van der Waals surface area contributed by atoms with Crippen LogP contribution in [0.5, 0.6) is 11.5 Å². The van der Waals surface area contributed by atoms with E-state index in [0.717, 1.165) is 11.1 Å². The molecule has 5 rings (SSSR count). The number of hydrogen-bond donors (Lipinski definition) is 3. The standard InChI is InChI=1S/C29H23N3O4S/c1-18-10-13-24-26(14-18)36-28(31-24)23-12-11-21(16-25(23)33)30-29(37)32-27(34)20-8-5-9-22(15-20)35-17-19-6-3-2-4-7-19/h2-16,33H,17H2,1H3,(H2,30,32,34,37). The highest BCUT2D eigenvalue weighted by Gasteiger charge is 2.14. The molecule has 4 aromatic carbocycles. The van der Waals surface area contributed by atoms with Gasteiger partial charge in [0.15, 0.2) is 10.7 Å². The van der Waals surface area contributed by atoms with E-state index in [9.17, 15) is 9.90 Å². The summed E-state index contributed by atoms with van der Waals surface area (Å²) in [7, 11) is 0. The van der Waals surface area contributed by atoms with Gasteiger partial charge >= 0.3 is 0 Å². The van der Waals surface area contributed by atoms with Crippen molar-refractivity contribution in [2.75, 3.05) is 5.32 Å². The van der Waals surface area contributed by atoms with Crippen LogP contribution in [0.15, 0.2) is 95.4 Å². The van der Waals surface area contributed by atoms with Crippen molar-refractivity contribution in [3.05, 3.63) is 108 Å². The summed E-state index contributed by atoms with van der Waals surface area (Å²) < 4.78 is 11.6. The lowest BCUT2D eigenvalue weighted by Crippen LogP contribution is -2.34. The highest BCUT2D eigenvalue weighted by atomic mass is 32.1. The van der Waals surface area contributed by atoms with Crippen molar-refractivity contribution in [3.63, 3.8) is 0 Å². The lowest BCUT2D eigenvalue weighted by molar-refractivity contribution is 0.0977. The number of anilines is 1. The molecule has 0 atom stereocenters. The van der Waals surface area contributed by atoms with Gasteiger partial charge in [0.05, 0.1) is 5.56 Å². The van der Waals surface area contributed by atoms with Crippen LogP contribution in [0.4, 0.5) is 5.69 Å². The SMILES string of the molecule is Cc1ccc2nc(-c3ccc(NC(=S)NC(=O)c4cccc(OCc5ccccc5)c4)cc3O)oc2c1. The summed E-state index contributed by atoms with van der Waals surface area (Å²) in [6, 6.07) is 27.2. The van der Waals surface area contributed by atoms with Crippen LogP contribution in [-0.2, 0) is 6.61 Å². The number of thiocarbonyl (C=S) groups is 1. The molecule has 7 nitrogen and oxygen atoms in total. The fourth-order valence-corrected chi connectivity index (χ4v) is 3.95. The molecule has 5 aromatic rings. The van der Waals surface area contributed by atoms with E-state index in [4.69, 9.17) is 21.4 Å². The molecule has 8 heteroatoms. The first-order valence-corrected chi connectivity index (χ1v) is 12.0. The number of aromatic hydroxyl groups is 1. The largest absolute Gasteiger partial charge is 0.507 e. The molecule has 184 valence electrons. The number of amides is 1. The Balaban J connectivity index is 1.21. The number of aryl methyl sites for hydroxylation is 1. The number of ether oxygens (including phenoxy) is 1. The summed E-state index contributed by atoms with van der Waals surface area (Å²) in [5, 5.41) is 16.2. The van der Waals surface area contributed by atoms with E-state index < -0.39 is 0 Å². The molecule has 0 spiro atoms. The molecule has 1 heterocycles. The minimum absolute atomic E-state index is 0.0364. The van der Waals surface area contributed by atoms with E-state index in [1.165, 1.54) is 6.07 Å². The van der Waals surface area contributed by atoms with Gasteiger partial charge in [0.2, 0.25) is 5.89 Å². The van der Waals surface area contributed by atoms with Gasteiger partial charge in [-0.15, -0.1) is 0 Å². The molecule has 0 aliphatic rings. The van der Waals surface area contributed by atoms with Crippen LogP contribution in [0.2, 0.25) is 0 Å². The normalized spacial score (nSPS) is 10.7. The Morgan fingerprint density at radius 3 is 2.65 bits per heavy atom. The fourth-order valence-electron chi connectivity index (χ4n) is 3.74. The Morgan fingerprint density at radius 2 is 1.84 bits per heavy atom. The van der Waals surface area contributed by atoms with Gasteiger partial charge in [0, 0.05) is 17.3 Å². The third-order valence-electron chi connectivity index (χ3n) is 5.60. The van der Waals surface area contributed by atoms with Crippen LogP contribution in [0.25, 0.3) is 22.6 Å². The average molecular weight is 510 g/mol. The summed E-state index contributed by atoms with van der Waals surface area (Å²) in [5.41, 5.74) is 4.79. The molecule has 0 radical (unpaired) electrons. The lowest BCUT2D eigenvalue weighted by Gasteiger charge is -2.12. The second-order valence-electron chi connectivity index (χ2n) is 8.43. The number of benzene rings is 4. The van der Waals surface area contributed by atoms with Crippen molar-refractivity contribution in [1.29, 1.82) is 0 Å². The monoisotopic (exact) mass is 509 g/mol. The van der Waals surface area contributed by atoms with Crippen LogP contribution in [0, 0.1) is 6.92 Å². The van der Waals surface area contributed by atoms with E-state index in [-0.39, 0.29) is 16.8 Å². The van der Waals surface area contributed by atoms with Gasteiger partial charge in [-0.3, -0.25) is 10.1 Å². The molecular formula is C29H23N3O4S. The maximum absolute atomic E-state index is 12.7. The molecule has 37 heavy (non-hydrogen) atoms. The van der Waals surface area contributed by atoms with Crippen molar-refractivity contribution in [3.8, 4) is 23.0 Å². The number of hydrogen-bond acceptors (Lipinski definition) is 6. The van der Waals surface area contributed by atoms with Crippen molar-refractivity contribution >= 4 is 40.0 Å². The molecule has 0 aliphatic carbocycles. The molecule has 0 saturated carbocycles. The Morgan fingerprint density at radius 1 is 1.00 bits per heavy atom. The minimum Gasteiger partial charge on any atom is -0.507 e. The molecule has 0 fully saturated rings. The first-order chi connectivity index (χ1) is 17.9. The summed E-state index contributed by atoms with van der Waals surface area (Å²) >= 11 is 5.30. The molecule has 0 unspecified atom stereocenters. The number of nitrogens with zero attached hydrogens (tertiary/aromatic N) is 1. The van der Waals surface area contributed by atoms with Crippen LogP contribution in [0.3, 0.4) is 0 Å². The second kappa shape index (κ2) is 10.5. The number of phenols is 1. The number of phenolic OH excluding ortho intramolecular Hbond substituents is 1. The summed E-state index contributed by atoms with van der Waals surface area (Å²) in [6.07, 6.45) is 0. The Hall–Kier alpha value is -4.69. The minimum atomic E-state index is -0.384. The smallest absolute Gasteiger partial charge is 0.257 e. The summed E-state index contributed by atoms with van der Waals surface area (Å²) in [5.74, 6) is 0.469. The molecule has 0 saturated heterocycles. The number of rotatable bonds is 6. The number of carbonyl (C=O) groups is 1. The van der Waals surface area contributed by atoms with Crippen molar-refractivity contribution in [1.82, 2.24) is 10.3 Å². The lowest BCUT2D eigenvalue weighted by atomic mass is 10.2. The number of fused-ring (bicyclic) bond motifs is 1. The van der Waals surface area contributed by atoms with Crippen molar-refractivity contribution in [2.24, 2.45) is 0 Å². The Kier molecular flexibility index (Phi) is 6.83. The van der Waals surface area contributed by atoms with Crippen LogP contribution >= 0.6 is 12.2 Å². The highest BCUT2D eigenvalue weighted by molar-refractivity contribution is 7.80. The quantitative estimate of drug-likeness (QED) is 0.234. The molecular weight excluding hydrogens is 486 g/mol. The van der Waals surface area contributed by atoms with Gasteiger partial charge in [-0.05, 0) is 72.7 Å². The zero-order chi connectivity index (χ0) is 25.8. The molecule has 1 aromatic heterocycles. The number of oxazole rings is 1. The molecule has 1 amide bonds. The topological polar surface area (TPSA) is 96.6 Å². The molecule has 0 aliphatic heterocycles. The zero-order valence-corrected chi connectivity index (χ0v) is 20.7. The van der Waals surface area contributed by atoms with E-state index in [1.807, 2.05) is 55.5 Å². The third-order valence-corrected chi connectivity index (χ3v) is 5.81. The van der Waals surface area contributed by atoms with E-state index >= 15 is 0 Å². The summed E-state index contributed by atoms with van der Waals surface area (Å²) in [4.78, 5) is 17.2. The number of nitrogens with one attached hydrogen (secondary N) is 2. The first kappa shape index (κ1) is 24.0. The first-order valence-electron chi connectivity index (χ1n) is 11.5. The Labute approximate surface area is 218 Å². The van der Waals surface area contributed by atoms with E-state index in [0.29, 0.717) is 46.2 Å². The maximum Gasteiger partial charge on any atom is 0.257 e. The molecule has 0 bridgehead atoms. The predicted octanol–water partition coefficient (Wildman–Crippen LogP) is 6.21. The van der Waals surface area contributed by atoms with Gasteiger partial charge < -0.3 is 19.6 Å². The third kappa shape index (κ3) is 5.76. The number of carbonyl (C=O) groups excluding carboxylic acids is 1. The van der Waals surface area contributed by atoms with Crippen LogP contribution in [0.1, 0.15) is 21.5 Å². The van der Waals surface area contributed by atoms with Gasteiger partial charge in [0.1, 0.15) is 23.6 Å². The second-order valence-corrected chi connectivity index (χ2v) is 8.84. The van der Waals surface area contributed by atoms with Crippen LogP contribution < -0.4 is 15.4 Å². The van der Waals surface area contributed by atoms with Crippen molar-refractivity contribution < 1.29 is 19.1 Å². The van der Waals surface area contributed by atoms with Crippen molar-refractivity contribution in [2.45, 2.75) is 13.5 Å². The van der Waals surface area contributed by atoms with Gasteiger partial charge in [-0.1, -0.05) is 42.5 Å². The molecule has 3 N–H and O–H groups in total. The summed E-state index contributed by atoms with van der Waals surface area (Å²) in [6.45, 7) is 2.37. The van der Waals surface area contributed by atoms with Crippen LogP contribution in [-0.4, -0.2) is 21.1 Å². The average Bonchev–Trinajstić information content (AvgIpc) is 3.31. The highest BCUT2D eigenvalue weighted by Crippen LogP contribution is 2.33. The number of aromatic nitrogens is 1. The van der Waals surface area contributed by atoms with Gasteiger partial charge in [-0.2, -0.15) is 0 Å². The van der Waals surface area contributed by atoms with Gasteiger partial charge in [-0.25, -0.2) is 4.98 Å².